The highest BCUT2D eigenvalue weighted by Gasteiger charge is 2.34. The van der Waals surface area contributed by atoms with E-state index in [0.29, 0.717) is 13.1 Å². The number of rotatable bonds is 1. The molecule has 4 nitrogen and oxygen atoms in total. The van der Waals surface area contributed by atoms with E-state index in [1.54, 1.807) is 4.90 Å². The number of carbonyl (C=O) groups is 1. The van der Waals surface area contributed by atoms with Gasteiger partial charge < -0.3 is 14.7 Å². The van der Waals surface area contributed by atoms with Gasteiger partial charge in [-0.1, -0.05) is 6.82 Å². The maximum atomic E-state index is 11.6. The molecule has 1 rings (SSSR count). The third-order valence-corrected chi connectivity index (χ3v) is 2.41. The zero-order valence-electron chi connectivity index (χ0n) is 9.86. The Hall–Kier alpha value is -0.705. The molecular weight excluding hydrogens is 193 g/mol. The van der Waals surface area contributed by atoms with Gasteiger partial charge in [-0.05, 0) is 26.6 Å². The molecule has 0 bridgehead atoms. The fraction of sp³-hybridized carbons (Fsp3) is 0.900. The van der Waals surface area contributed by atoms with Crippen LogP contribution in [0.5, 0.6) is 0 Å². The fourth-order valence-corrected chi connectivity index (χ4v) is 1.61. The van der Waals surface area contributed by atoms with Crippen molar-refractivity contribution in [3.05, 3.63) is 0 Å². The van der Waals surface area contributed by atoms with Crippen molar-refractivity contribution in [2.75, 3.05) is 13.1 Å². The minimum absolute atomic E-state index is 0.0671. The SMILES string of the molecule is C[B][C@H]1CN(C(=O)OC(C)(C)C)C[C@@H]1O. The number of nitrogens with zero attached hydrogens (tertiary/aromatic N) is 1. The molecule has 2 atom stereocenters. The quantitative estimate of drug-likeness (QED) is 0.663. The van der Waals surface area contributed by atoms with Crippen LogP contribution in [0, 0.1) is 0 Å². The molecule has 15 heavy (non-hydrogen) atoms. The summed E-state index contributed by atoms with van der Waals surface area (Å²) in [6, 6.07) is 0. The minimum atomic E-state index is -0.476. The van der Waals surface area contributed by atoms with Crippen molar-refractivity contribution >= 4 is 13.4 Å². The number of carbonyl (C=O) groups excluding carboxylic acids is 1. The lowest BCUT2D eigenvalue weighted by Crippen LogP contribution is -2.35. The number of aliphatic hydroxyl groups excluding tert-OH is 1. The van der Waals surface area contributed by atoms with Crippen LogP contribution in [0.2, 0.25) is 12.6 Å². The van der Waals surface area contributed by atoms with Gasteiger partial charge in [0.1, 0.15) is 12.9 Å². The van der Waals surface area contributed by atoms with Crippen molar-refractivity contribution in [3.63, 3.8) is 0 Å². The highest BCUT2D eigenvalue weighted by molar-refractivity contribution is 6.36. The Labute approximate surface area is 91.8 Å². The molecule has 0 spiro atoms. The first-order valence-corrected chi connectivity index (χ1v) is 5.29. The molecule has 1 amide bonds. The van der Waals surface area contributed by atoms with E-state index in [-0.39, 0.29) is 11.9 Å². The summed E-state index contributed by atoms with van der Waals surface area (Å²) in [5.41, 5.74) is -0.476. The molecule has 1 aliphatic rings. The van der Waals surface area contributed by atoms with Crippen LogP contribution in [0.4, 0.5) is 4.79 Å². The van der Waals surface area contributed by atoms with E-state index in [1.807, 2.05) is 34.9 Å². The van der Waals surface area contributed by atoms with Gasteiger partial charge in [-0.3, -0.25) is 0 Å². The molecule has 1 heterocycles. The molecule has 0 aromatic rings. The predicted octanol–water partition coefficient (Wildman–Crippen LogP) is 1.14. The molecule has 0 saturated carbocycles. The van der Waals surface area contributed by atoms with E-state index in [1.165, 1.54) is 0 Å². The Kier molecular flexibility index (Phi) is 3.65. The topological polar surface area (TPSA) is 49.8 Å². The predicted molar refractivity (Wildman–Crippen MR) is 59.2 cm³/mol. The summed E-state index contributed by atoms with van der Waals surface area (Å²) in [5, 5.41) is 9.63. The highest BCUT2D eigenvalue weighted by Crippen LogP contribution is 2.23. The Morgan fingerprint density at radius 1 is 1.47 bits per heavy atom. The van der Waals surface area contributed by atoms with Crippen LogP contribution in [-0.4, -0.2) is 48.2 Å². The number of hydrogen-bond donors (Lipinski definition) is 1. The Morgan fingerprint density at radius 3 is 2.47 bits per heavy atom. The molecule has 0 aliphatic carbocycles. The summed E-state index contributed by atoms with van der Waals surface area (Å²) < 4.78 is 5.22. The van der Waals surface area contributed by atoms with Gasteiger partial charge >= 0.3 is 6.09 Å². The first kappa shape index (κ1) is 12.4. The van der Waals surface area contributed by atoms with Crippen molar-refractivity contribution in [1.82, 2.24) is 4.90 Å². The zero-order valence-corrected chi connectivity index (χ0v) is 9.86. The second-order valence-corrected chi connectivity index (χ2v) is 4.95. The minimum Gasteiger partial charge on any atom is -0.444 e. The third-order valence-electron chi connectivity index (χ3n) is 2.41. The van der Waals surface area contributed by atoms with Crippen molar-refractivity contribution in [3.8, 4) is 0 Å². The molecule has 0 unspecified atom stereocenters. The summed E-state index contributed by atoms with van der Waals surface area (Å²) in [6.45, 7) is 8.31. The van der Waals surface area contributed by atoms with Crippen LogP contribution in [0.25, 0.3) is 0 Å². The largest absolute Gasteiger partial charge is 0.444 e. The average Bonchev–Trinajstić information content (AvgIpc) is 2.43. The van der Waals surface area contributed by atoms with Gasteiger partial charge in [0.2, 0.25) is 0 Å². The van der Waals surface area contributed by atoms with E-state index >= 15 is 0 Å². The molecule has 1 radical (unpaired) electrons. The van der Waals surface area contributed by atoms with Gasteiger partial charge in [-0.2, -0.15) is 0 Å². The second kappa shape index (κ2) is 4.43. The van der Waals surface area contributed by atoms with E-state index in [9.17, 15) is 9.90 Å². The molecule has 1 saturated heterocycles. The van der Waals surface area contributed by atoms with E-state index in [4.69, 9.17) is 4.74 Å². The Bertz CT molecular complexity index is 239. The highest BCUT2D eigenvalue weighted by atomic mass is 16.6. The van der Waals surface area contributed by atoms with Crippen molar-refractivity contribution in [2.24, 2.45) is 0 Å². The molecule has 5 heteroatoms. The van der Waals surface area contributed by atoms with Crippen LogP contribution in [-0.2, 0) is 4.74 Å². The lowest BCUT2D eigenvalue weighted by atomic mass is 9.65. The number of aliphatic hydroxyl groups is 1. The van der Waals surface area contributed by atoms with Gasteiger partial charge in [0.25, 0.3) is 0 Å². The molecular formula is C10H19BNO3. The average molecular weight is 212 g/mol. The van der Waals surface area contributed by atoms with Gasteiger partial charge in [0.05, 0.1) is 6.10 Å². The van der Waals surface area contributed by atoms with Crippen molar-refractivity contribution in [1.29, 1.82) is 0 Å². The monoisotopic (exact) mass is 212 g/mol. The molecule has 0 aromatic carbocycles. The summed E-state index contributed by atoms with van der Waals surface area (Å²) in [5.74, 6) is 0.0671. The summed E-state index contributed by atoms with van der Waals surface area (Å²) in [4.78, 5) is 13.2. The number of amides is 1. The maximum absolute atomic E-state index is 11.6. The van der Waals surface area contributed by atoms with E-state index in [0.717, 1.165) is 0 Å². The van der Waals surface area contributed by atoms with Crippen LogP contribution in [0.15, 0.2) is 0 Å². The zero-order chi connectivity index (χ0) is 11.6. The smallest absolute Gasteiger partial charge is 0.410 e. The lowest BCUT2D eigenvalue weighted by Gasteiger charge is -2.24. The first-order valence-electron chi connectivity index (χ1n) is 5.29. The molecule has 1 fully saturated rings. The van der Waals surface area contributed by atoms with Crippen molar-refractivity contribution < 1.29 is 14.6 Å². The normalized spacial score (nSPS) is 26.6. The van der Waals surface area contributed by atoms with Crippen LogP contribution in [0.1, 0.15) is 20.8 Å². The fourth-order valence-electron chi connectivity index (χ4n) is 1.61. The number of β-amino-alcohol motifs (C(OH)–C–C–N with tert-alkyl or cyclic N) is 1. The van der Waals surface area contributed by atoms with Crippen LogP contribution in [0.3, 0.4) is 0 Å². The van der Waals surface area contributed by atoms with E-state index < -0.39 is 11.7 Å². The number of hydrogen-bond acceptors (Lipinski definition) is 3. The molecule has 85 valence electrons. The summed E-state index contributed by atoms with van der Waals surface area (Å²) in [7, 11) is 1.93. The number of likely N-dealkylation sites (tertiary alicyclic amines) is 1. The summed E-state index contributed by atoms with van der Waals surface area (Å²) >= 11 is 0. The molecule has 1 aliphatic heterocycles. The second-order valence-electron chi connectivity index (χ2n) is 4.95. The van der Waals surface area contributed by atoms with Gasteiger partial charge in [-0.25, -0.2) is 4.79 Å². The van der Waals surface area contributed by atoms with Crippen LogP contribution >= 0.6 is 0 Å². The standard InChI is InChI=1S/C10H19BNO3/c1-10(2,3)15-9(14)12-5-7(11-4)8(13)6-12/h7-8,13H,5-6H2,1-4H3/t7-,8-/m0/s1. The Morgan fingerprint density at radius 2 is 2.07 bits per heavy atom. The van der Waals surface area contributed by atoms with Gasteiger partial charge in [-0.15, -0.1) is 0 Å². The molecule has 1 N–H and O–H groups in total. The van der Waals surface area contributed by atoms with E-state index in [2.05, 4.69) is 0 Å². The van der Waals surface area contributed by atoms with Crippen LogP contribution < -0.4 is 0 Å². The Balaban J connectivity index is 2.50. The molecule has 0 aromatic heterocycles. The van der Waals surface area contributed by atoms with Gasteiger partial charge in [0.15, 0.2) is 0 Å². The lowest BCUT2D eigenvalue weighted by molar-refractivity contribution is 0.0270. The maximum Gasteiger partial charge on any atom is 0.410 e. The van der Waals surface area contributed by atoms with Crippen molar-refractivity contribution in [2.45, 2.75) is 45.1 Å². The summed E-state index contributed by atoms with van der Waals surface area (Å²) in [6.07, 6.45) is -0.798. The number of ether oxygens (including phenoxy) is 1. The third kappa shape index (κ3) is 3.41. The first-order chi connectivity index (χ1) is 6.83. The van der Waals surface area contributed by atoms with Gasteiger partial charge in [0, 0.05) is 13.1 Å².